The molecule has 0 unspecified atom stereocenters. The fourth-order valence-electron chi connectivity index (χ4n) is 5.29. The molecule has 5 nitrogen and oxygen atoms in total. The van der Waals surface area contributed by atoms with Crippen LogP contribution in [-0.2, 0) is 10.0 Å². The lowest BCUT2D eigenvalue weighted by molar-refractivity contribution is 0.169. The molecule has 4 rings (SSSR count). The Morgan fingerprint density at radius 3 is 1.90 bits per heavy atom. The van der Waals surface area contributed by atoms with Crippen LogP contribution in [0.3, 0.4) is 0 Å². The van der Waals surface area contributed by atoms with Gasteiger partial charge in [0.1, 0.15) is 4.90 Å². The maximum atomic E-state index is 14.1. The van der Waals surface area contributed by atoms with Crippen molar-refractivity contribution in [3.63, 3.8) is 0 Å². The van der Waals surface area contributed by atoms with Gasteiger partial charge in [0.15, 0.2) is 0 Å². The third-order valence-electron chi connectivity index (χ3n) is 6.63. The molecule has 2 fully saturated rings. The number of rotatable bonds is 5. The summed E-state index contributed by atoms with van der Waals surface area (Å²) >= 11 is 0. The van der Waals surface area contributed by atoms with Gasteiger partial charge in [-0.2, -0.15) is 9.40 Å². The van der Waals surface area contributed by atoms with E-state index in [0.717, 1.165) is 57.1 Å². The smallest absolute Gasteiger partial charge is 0.236 e. The minimum atomic E-state index is -3.60. The van der Waals surface area contributed by atoms with Gasteiger partial charge in [-0.25, -0.2) is 13.1 Å². The van der Waals surface area contributed by atoms with Gasteiger partial charge in [0, 0.05) is 12.1 Å². The first-order valence-corrected chi connectivity index (χ1v) is 12.6. The monoisotopic (exact) mass is 415 g/mol. The van der Waals surface area contributed by atoms with Gasteiger partial charge in [0.2, 0.25) is 10.0 Å². The van der Waals surface area contributed by atoms with E-state index in [2.05, 4.69) is 5.10 Å². The summed E-state index contributed by atoms with van der Waals surface area (Å²) < 4.78 is 31.9. The van der Waals surface area contributed by atoms with Crippen molar-refractivity contribution in [2.24, 2.45) is 0 Å². The van der Waals surface area contributed by atoms with Gasteiger partial charge < -0.3 is 0 Å². The van der Waals surface area contributed by atoms with Crippen molar-refractivity contribution < 1.29 is 8.42 Å². The Morgan fingerprint density at radius 1 is 0.862 bits per heavy atom. The molecule has 2 aliphatic carbocycles. The van der Waals surface area contributed by atoms with Gasteiger partial charge in [-0.05, 0) is 51.7 Å². The van der Waals surface area contributed by atoms with Crippen LogP contribution in [0.5, 0.6) is 0 Å². The van der Waals surface area contributed by atoms with Gasteiger partial charge in [-0.3, -0.25) is 0 Å². The van der Waals surface area contributed by atoms with E-state index in [4.69, 9.17) is 0 Å². The van der Waals surface area contributed by atoms with Crippen molar-refractivity contribution in [3.05, 3.63) is 41.7 Å². The minimum absolute atomic E-state index is 0.135. The van der Waals surface area contributed by atoms with E-state index in [1.54, 1.807) is 4.68 Å². The number of sulfonamides is 1. The van der Waals surface area contributed by atoms with Crippen LogP contribution in [0.15, 0.2) is 35.2 Å². The molecule has 1 aromatic carbocycles. The second kappa shape index (κ2) is 8.60. The molecular formula is C23H33N3O2S. The van der Waals surface area contributed by atoms with Crippen molar-refractivity contribution in [3.8, 4) is 5.69 Å². The molecule has 0 N–H and O–H groups in total. The predicted molar refractivity (Wildman–Crippen MR) is 116 cm³/mol. The molecule has 29 heavy (non-hydrogen) atoms. The lowest BCUT2D eigenvalue weighted by atomic mass is 9.91. The molecule has 0 aliphatic heterocycles. The SMILES string of the molecule is Cc1nn(-c2ccccc2)c(C)c1S(=O)(=O)N(C1CCCCC1)C1CCCCC1. The summed E-state index contributed by atoms with van der Waals surface area (Å²) in [5.74, 6) is 0. The summed E-state index contributed by atoms with van der Waals surface area (Å²) in [6.07, 6.45) is 10.9. The summed E-state index contributed by atoms with van der Waals surface area (Å²) in [7, 11) is -3.60. The Labute approximate surface area is 175 Å². The van der Waals surface area contributed by atoms with Crippen molar-refractivity contribution in [2.75, 3.05) is 0 Å². The summed E-state index contributed by atoms with van der Waals surface area (Å²) in [5, 5.41) is 4.63. The molecule has 2 aromatic rings. The third kappa shape index (κ3) is 4.02. The molecule has 0 radical (unpaired) electrons. The van der Waals surface area contributed by atoms with Crippen molar-refractivity contribution in [2.45, 2.75) is 95.0 Å². The largest absolute Gasteiger partial charge is 0.247 e. The highest BCUT2D eigenvalue weighted by Crippen LogP contribution is 2.36. The molecule has 0 spiro atoms. The molecule has 0 bridgehead atoms. The Morgan fingerprint density at radius 2 is 1.38 bits per heavy atom. The fourth-order valence-corrected chi connectivity index (χ4v) is 7.58. The van der Waals surface area contributed by atoms with Crippen LogP contribution in [0.2, 0.25) is 0 Å². The molecule has 0 atom stereocenters. The minimum Gasteiger partial charge on any atom is -0.236 e. The quantitative estimate of drug-likeness (QED) is 0.679. The van der Waals surface area contributed by atoms with Crippen LogP contribution in [0.4, 0.5) is 0 Å². The van der Waals surface area contributed by atoms with Crippen LogP contribution >= 0.6 is 0 Å². The second-order valence-electron chi connectivity index (χ2n) is 8.67. The van der Waals surface area contributed by atoms with E-state index >= 15 is 0 Å². The van der Waals surface area contributed by atoms with Gasteiger partial charge >= 0.3 is 0 Å². The Bertz CT molecular complexity index is 907. The number of aromatic nitrogens is 2. The van der Waals surface area contributed by atoms with Crippen molar-refractivity contribution >= 4 is 10.0 Å². The topological polar surface area (TPSA) is 55.2 Å². The lowest BCUT2D eigenvalue weighted by Crippen LogP contribution is -2.48. The molecule has 1 heterocycles. The average molecular weight is 416 g/mol. The van der Waals surface area contributed by atoms with E-state index in [0.29, 0.717) is 16.3 Å². The Hall–Kier alpha value is -1.66. The van der Waals surface area contributed by atoms with Crippen LogP contribution in [0.1, 0.15) is 75.6 Å². The molecule has 158 valence electrons. The maximum absolute atomic E-state index is 14.1. The molecule has 2 saturated carbocycles. The third-order valence-corrected chi connectivity index (χ3v) is 8.89. The van der Waals surface area contributed by atoms with Gasteiger partial charge in [0.25, 0.3) is 0 Å². The molecule has 1 aromatic heterocycles. The molecule has 2 aliphatic rings. The van der Waals surface area contributed by atoms with E-state index in [-0.39, 0.29) is 12.1 Å². The Kier molecular flexibility index (Phi) is 6.11. The standard InChI is InChI=1S/C23H33N3O2S/c1-18-23(19(2)25(24-18)20-12-6-3-7-13-20)29(27,28)26(21-14-8-4-9-15-21)22-16-10-5-11-17-22/h3,6-7,12-13,21-22H,4-5,8-11,14-17H2,1-2H3. The number of hydrogen-bond donors (Lipinski definition) is 0. The average Bonchev–Trinajstić information content (AvgIpc) is 3.05. The number of benzene rings is 1. The van der Waals surface area contributed by atoms with E-state index in [1.165, 1.54) is 12.8 Å². The highest BCUT2D eigenvalue weighted by molar-refractivity contribution is 7.89. The maximum Gasteiger partial charge on any atom is 0.247 e. The lowest BCUT2D eigenvalue weighted by Gasteiger charge is -2.40. The van der Waals surface area contributed by atoms with Crippen molar-refractivity contribution in [1.29, 1.82) is 0 Å². The van der Waals surface area contributed by atoms with E-state index in [1.807, 2.05) is 48.5 Å². The first kappa shape index (κ1) is 20.6. The molecule has 0 amide bonds. The zero-order valence-corrected chi connectivity index (χ0v) is 18.5. The van der Waals surface area contributed by atoms with Gasteiger partial charge in [-0.1, -0.05) is 56.7 Å². The highest BCUT2D eigenvalue weighted by Gasteiger charge is 2.40. The first-order chi connectivity index (χ1) is 14.0. The first-order valence-electron chi connectivity index (χ1n) is 11.2. The molecule has 0 saturated heterocycles. The van der Waals surface area contributed by atoms with Crippen LogP contribution < -0.4 is 0 Å². The zero-order chi connectivity index (χ0) is 20.4. The number of hydrogen-bond acceptors (Lipinski definition) is 3. The summed E-state index contributed by atoms with van der Waals surface area (Å²) in [6.45, 7) is 3.72. The van der Waals surface area contributed by atoms with Gasteiger partial charge in [0.05, 0.1) is 17.1 Å². The number of nitrogens with zero attached hydrogens (tertiary/aromatic N) is 3. The summed E-state index contributed by atoms with van der Waals surface area (Å²) in [4.78, 5) is 0.414. The highest BCUT2D eigenvalue weighted by atomic mass is 32.2. The van der Waals surface area contributed by atoms with E-state index < -0.39 is 10.0 Å². The van der Waals surface area contributed by atoms with Crippen LogP contribution in [0, 0.1) is 13.8 Å². The zero-order valence-electron chi connectivity index (χ0n) is 17.7. The number of aryl methyl sites for hydroxylation is 1. The summed E-state index contributed by atoms with van der Waals surface area (Å²) in [6, 6.07) is 10.1. The second-order valence-corrected chi connectivity index (χ2v) is 10.4. The van der Waals surface area contributed by atoms with Gasteiger partial charge in [-0.15, -0.1) is 0 Å². The van der Waals surface area contributed by atoms with E-state index in [9.17, 15) is 8.42 Å². The normalized spacial score (nSPS) is 19.7. The molecule has 6 heteroatoms. The summed E-state index contributed by atoms with van der Waals surface area (Å²) in [5.41, 5.74) is 2.21. The molecular weight excluding hydrogens is 382 g/mol. The predicted octanol–water partition coefficient (Wildman–Crippen LogP) is 5.15. The Balaban J connectivity index is 1.77. The van der Waals surface area contributed by atoms with Crippen LogP contribution in [-0.4, -0.2) is 34.6 Å². The van der Waals surface area contributed by atoms with Crippen LogP contribution in [0.25, 0.3) is 5.69 Å². The number of para-hydroxylation sites is 1. The fraction of sp³-hybridized carbons (Fsp3) is 0.609. The van der Waals surface area contributed by atoms with Crippen molar-refractivity contribution in [1.82, 2.24) is 14.1 Å².